The van der Waals surface area contributed by atoms with Crippen molar-refractivity contribution >= 4 is 39.4 Å². The number of benzene rings is 4. The van der Waals surface area contributed by atoms with Crippen molar-refractivity contribution in [2.75, 3.05) is 5.73 Å². The zero-order chi connectivity index (χ0) is 32.1. The number of hydrogen-bond donors (Lipinski definition) is 2. The Labute approximate surface area is 243 Å². The average molecular weight is 603 g/mol. The highest BCUT2D eigenvalue weighted by atomic mass is 16.7. The molecule has 1 aromatic heterocycles. The summed E-state index contributed by atoms with van der Waals surface area (Å²) in [6, 6.07) is 19.7. The zero-order valence-corrected chi connectivity index (χ0v) is 21.9. The third-order valence-corrected chi connectivity index (χ3v) is 5.90. The summed E-state index contributed by atoms with van der Waals surface area (Å²) in [5.74, 6) is -1.59. The van der Waals surface area contributed by atoms with E-state index in [4.69, 9.17) is 14.9 Å². The molecule has 1 heterocycles. The number of nitrogens with two attached hydrogens (primary N) is 1. The third kappa shape index (κ3) is 5.91. The second kappa shape index (κ2) is 12.3. The van der Waals surface area contributed by atoms with Crippen molar-refractivity contribution in [1.29, 1.82) is 0 Å². The van der Waals surface area contributed by atoms with Crippen LogP contribution in [0.25, 0.3) is 22.3 Å². The molecule has 0 unspecified atom stereocenters. The highest BCUT2D eigenvalue weighted by Gasteiger charge is 2.34. The first-order chi connectivity index (χ1) is 20.9. The number of hydrogen-bond acceptors (Lipinski definition) is 13. The van der Waals surface area contributed by atoms with E-state index in [0.717, 1.165) is 36.4 Å². The maximum atomic E-state index is 12.2. The zero-order valence-electron chi connectivity index (χ0n) is 21.9. The molecule has 0 amide bonds. The molecule has 44 heavy (non-hydrogen) atoms. The Morgan fingerprint density at radius 3 is 1.64 bits per heavy atom. The molecule has 0 aliphatic rings. The lowest BCUT2D eigenvalue weighted by Gasteiger charge is -2.07. The SMILES string of the molecule is Nc1cccc2oc(-c3ccccc3)c(O)c(=O)c12.O=[N+]([O-])c1cccc(Oc2cccc([N+](=O)[O-])c2[N+](=O)[O-])c1[N+](=O)[O-]. The topological polar surface area (TPSA) is 258 Å². The molecule has 0 atom stereocenters. The Bertz CT molecular complexity index is 1940. The number of nitro groups is 4. The fourth-order valence-corrected chi connectivity index (χ4v) is 4.01. The fourth-order valence-electron chi connectivity index (χ4n) is 4.01. The van der Waals surface area contributed by atoms with E-state index in [0.29, 0.717) is 16.8 Å². The van der Waals surface area contributed by atoms with Gasteiger partial charge in [0.15, 0.2) is 5.76 Å². The predicted molar refractivity (Wildman–Crippen MR) is 154 cm³/mol. The number of para-hydroxylation sites is 2. The third-order valence-electron chi connectivity index (χ3n) is 5.90. The van der Waals surface area contributed by atoms with Crippen LogP contribution in [0.2, 0.25) is 0 Å². The Morgan fingerprint density at radius 1 is 0.659 bits per heavy atom. The second-order valence-electron chi connectivity index (χ2n) is 8.57. The van der Waals surface area contributed by atoms with Crippen LogP contribution in [0.5, 0.6) is 17.2 Å². The summed E-state index contributed by atoms with van der Waals surface area (Å²) >= 11 is 0. The van der Waals surface area contributed by atoms with Gasteiger partial charge in [-0.3, -0.25) is 45.3 Å². The van der Waals surface area contributed by atoms with Gasteiger partial charge in [0, 0.05) is 23.4 Å². The summed E-state index contributed by atoms with van der Waals surface area (Å²) in [6.45, 7) is 0. The van der Waals surface area contributed by atoms with E-state index in [-0.39, 0.29) is 11.1 Å². The van der Waals surface area contributed by atoms with E-state index < -0.39 is 65.1 Å². The Hall–Kier alpha value is -6.91. The van der Waals surface area contributed by atoms with E-state index in [2.05, 4.69) is 0 Å². The van der Waals surface area contributed by atoms with Crippen molar-refractivity contribution in [3.05, 3.63) is 136 Å². The van der Waals surface area contributed by atoms with Crippen LogP contribution in [0, 0.1) is 40.5 Å². The van der Waals surface area contributed by atoms with Crippen molar-refractivity contribution in [3.8, 4) is 28.6 Å². The van der Waals surface area contributed by atoms with E-state index in [9.17, 15) is 50.4 Å². The average Bonchev–Trinajstić information content (AvgIpc) is 2.99. The molecule has 222 valence electrons. The van der Waals surface area contributed by atoms with Crippen LogP contribution >= 0.6 is 0 Å². The van der Waals surface area contributed by atoms with Crippen LogP contribution in [-0.2, 0) is 0 Å². The number of anilines is 1. The molecule has 5 rings (SSSR count). The smallest absolute Gasteiger partial charge is 0.387 e. The number of ether oxygens (including phenoxy) is 1. The van der Waals surface area contributed by atoms with Gasteiger partial charge < -0.3 is 20.0 Å². The van der Waals surface area contributed by atoms with Gasteiger partial charge in [0.2, 0.25) is 22.7 Å². The van der Waals surface area contributed by atoms with Crippen molar-refractivity contribution in [1.82, 2.24) is 0 Å². The molecule has 0 aliphatic carbocycles. The number of aromatic hydroxyl groups is 1. The van der Waals surface area contributed by atoms with Gasteiger partial charge in [-0.1, -0.05) is 48.5 Å². The summed E-state index contributed by atoms with van der Waals surface area (Å²) in [5, 5.41) is 54.2. The molecule has 5 aromatic rings. The lowest BCUT2D eigenvalue weighted by Crippen LogP contribution is -2.05. The minimum absolute atomic E-state index is 0.156. The van der Waals surface area contributed by atoms with Gasteiger partial charge in [-0.05, 0) is 24.3 Å². The van der Waals surface area contributed by atoms with Gasteiger partial charge in [-0.15, -0.1) is 0 Å². The molecule has 0 saturated heterocycles. The van der Waals surface area contributed by atoms with E-state index >= 15 is 0 Å². The minimum atomic E-state index is -1.09. The molecule has 17 heteroatoms. The first-order valence-electron chi connectivity index (χ1n) is 12.0. The van der Waals surface area contributed by atoms with Gasteiger partial charge >= 0.3 is 22.7 Å². The highest BCUT2D eigenvalue weighted by molar-refractivity contribution is 5.91. The highest BCUT2D eigenvalue weighted by Crippen LogP contribution is 2.43. The Balaban J connectivity index is 0.000000208. The monoisotopic (exact) mass is 603 g/mol. The summed E-state index contributed by atoms with van der Waals surface area (Å²) in [5.41, 5.74) is 2.67. The van der Waals surface area contributed by atoms with Gasteiger partial charge in [0.25, 0.3) is 0 Å². The van der Waals surface area contributed by atoms with Crippen LogP contribution in [0.15, 0.2) is 94.1 Å². The van der Waals surface area contributed by atoms with Gasteiger partial charge in [-0.25, -0.2) is 0 Å². The standard InChI is InChI=1S/C15H11NO3.C12H6N4O9/c16-10-7-4-8-11-12(10)13(17)14(18)15(19-11)9-5-2-1-3-6-9;17-13(18)7-3-1-5-9(11(7)15(21)22)25-10-6-2-4-8(14(19)20)12(10)16(23)24/h1-8,18H,16H2;1-6H. The molecule has 4 aromatic carbocycles. The first kappa shape index (κ1) is 30.1. The van der Waals surface area contributed by atoms with Crippen LogP contribution < -0.4 is 15.9 Å². The molecular weight excluding hydrogens is 586 g/mol. The minimum Gasteiger partial charge on any atom is -0.502 e. The van der Waals surface area contributed by atoms with E-state index in [1.165, 1.54) is 0 Å². The van der Waals surface area contributed by atoms with Crippen LogP contribution in [0.3, 0.4) is 0 Å². The lowest BCUT2D eigenvalue weighted by atomic mass is 10.1. The number of nitro benzene ring substituents is 4. The lowest BCUT2D eigenvalue weighted by molar-refractivity contribution is -0.424. The number of nitrogen functional groups attached to an aromatic ring is 1. The normalized spacial score (nSPS) is 10.4. The van der Waals surface area contributed by atoms with Gasteiger partial charge in [-0.2, -0.15) is 0 Å². The summed E-state index contributed by atoms with van der Waals surface area (Å²) in [7, 11) is 0. The molecule has 17 nitrogen and oxygen atoms in total. The maximum absolute atomic E-state index is 12.2. The molecule has 0 saturated carbocycles. The fraction of sp³-hybridized carbons (Fsp3) is 0. The molecule has 0 spiro atoms. The Kier molecular flexibility index (Phi) is 8.41. The molecular formula is C27H17N5O12. The molecule has 0 aliphatic heterocycles. The van der Waals surface area contributed by atoms with Crippen molar-refractivity contribution in [3.63, 3.8) is 0 Å². The predicted octanol–water partition coefficient (Wildman–Crippen LogP) is 5.86. The van der Waals surface area contributed by atoms with Crippen LogP contribution in [0.4, 0.5) is 28.4 Å². The number of fused-ring (bicyclic) bond motifs is 1. The van der Waals surface area contributed by atoms with E-state index in [1.54, 1.807) is 42.5 Å². The second-order valence-corrected chi connectivity index (χ2v) is 8.57. The molecule has 0 fully saturated rings. The summed E-state index contributed by atoms with van der Waals surface area (Å²) in [4.78, 5) is 52.0. The van der Waals surface area contributed by atoms with Crippen LogP contribution in [-0.4, -0.2) is 24.8 Å². The van der Waals surface area contributed by atoms with Crippen molar-refractivity contribution in [2.24, 2.45) is 0 Å². The Morgan fingerprint density at radius 2 is 1.16 bits per heavy atom. The largest absolute Gasteiger partial charge is 0.502 e. The quantitative estimate of drug-likeness (QED) is 0.126. The van der Waals surface area contributed by atoms with Crippen LogP contribution in [0.1, 0.15) is 0 Å². The number of rotatable bonds is 7. The maximum Gasteiger partial charge on any atom is 0.387 e. The van der Waals surface area contributed by atoms with Gasteiger partial charge in [0.05, 0.1) is 25.1 Å². The molecule has 0 radical (unpaired) electrons. The van der Waals surface area contributed by atoms with E-state index in [1.807, 2.05) is 6.07 Å². The first-order valence-corrected chi connectivity index (χ1v) is 12.0. The molecule has 3 N–H and O–H groups in total. The summed E-state index contributed by atoms with van der Waals surface area (Å²) in [6.07, 6.45) is 0. The van der Waals surface area contributed by atoms with Gasteiger partial charge in [0.1, 0.15) is 5.58 Å². The summed E-state index contributed by atoms with van der Waals surface area (Å²) < 4.78 is 10.7. The van der Waals surface area contributed by atoms with Crippen molar-refractivity contribution < 1.29 is 34.0 Å². The van der Waals surface area contributed by atoms with Crippen molar-refractivity contribution in [2.45, 2.75) is 0 Å². The number of nitrogens with zero attached hydrogens (tertiary/aromatic N) is 4. The molecule has 0 bridgehead atoms.